The van der Waals surface area contributed by atoms with Crippen LogP contribution < -0.4 is 10.6 Å². The highest BCUT2D eigenvalue weighted by Crippen LogP contribution is 2.23. The van der Waals surface area contributed by atoms with Crippen molar-refractivity contribution < 1.29 is 24.2 Å². The molecule has 1 rings (SSSR count). The summed E-state index contributed by atoms with van der Waals surface area (Å²) in [5, 5.41) is 14.5. The van der Waals surface area contributed by atoms with Crippen molar-refractivity contribution in [2.24, 2.45) is 5.92 Å². The van der Waals surface area contributed by atoms with Crippen molar-refractivity contribution in [3.63, 3.8) is 0 Å². The van der Waals surface area contributed by atoms with Gasteiger partial charge in [0, 0.05) is 11.8 Å². The first-order chi connectivity index (χ1) is 11.6. The lowest BCUT2D eigenvalue weighted by atomic mass is 9.86. The van der Waals surface area contributed by atoms with E-state index in [1.807, 2.05) is 0 Å². The second-order valence-corrected chi connectivity index (χ2v) is 8.52. The first kappa shape index (κ1) is 21.6. The highest BCUT2D eigenvalue weighted by atomic mass is 32.2. The molecule has 0 heterocycles. The second kappa shape index (κ2) is 9.89. The van der Waals surface area contributed by atoms with Gasteiger partial charge in [-0.05, 0) is 39.5 Å². The molecule has 0 bridgehead atoms. The van der Waals surface area contributed by atoms with Crippen LogP contribution in [0.5, 0.6) is 0 Å². The summed E-state index contributed by atoms with van der Waals surface area (Å²) in [6, 6.07) is -0.890. The molecule has 1 saturated carbocycles. The van der Waals surface area contributed by atoms with Gasteiger partial charge in [0.05, 0.1) is 5.75 Å². The fraction of sp³-hybridized carbons (Fsp3) is 0.824. The number of carbonyl (C=O) groups is 3. The molecule has 0 aliphatic heterocycles. The predicted molar refractivity (Wildman–Crippen MR) is 97.7 cm³/mol. The molecule has 1 fully saturated rings. The van der Waals surface area contributed by atoms with Gasteiger partial charge in [-0.1, -0.05) is 19.8 Å². The lowest BCUT2D eigenvalue weighted by Crippen LogP contribution is -2.45. The molecule has 8 heteroatoms. The maximum atomic E-state index is 12.0. The number of carboxylic acids is 1. The molecule has 3 atom stereocenters. The van der Waals surface area contributed by atoms with Crippen LogP contribution in [0.15, 0.2) is 0 Å². The Labute approximate surface area is 153 Å². The third-order valence-corrected chi connectivity index (χ3v) is 5.00. The molecular formula is C17H30N2O5S. The van der Waals surface area contributed by atoms with E-state index in [0.717, 1.165) is 19.3 Å². The summed E-state index contributed by atoms with van der Waals surface area (Å²) in [7, 11) is 0. The molecule has 144 valence electrons. The first-order valence-electron chi connectivity index (χ1n) is 8.68. The van der Waals surface area contributed by atoms with E-state index in [-0.39, 0.29) is 23.5 Å². The lowest BCUT2D eigenvalue weighted by Gasteiger charge is -2.29. The number of hydrogen-bond donors (Lipinski definition) is 3. The second-order valence-electron chi connectivity index (χ2n) is 7.49. The maximum Gasteiger partial charge on any atom is 0.408 e. The van der Waals surface area contributed by atoms with Crippen LogP contribution in [0.4, 0.5) is 4.79 Å². The van der Waals surface area contributed by atoms with Gasteiger partial charge in [0.2, 0.25) is 5.91 Å². The lowest BCUT2D eigenvalue weighted by molar-refractivity contribution is -0.138. The molecule has 0 spiro atoms. The number of alkyl carbamates (subject to hydrolysis) is 1. The molecule has 2 amide bonds. The Morgan fingerprint density at radius 2 is 1.88 bits per heavy atom. The maximum absolute atomic E-state index is 12.0. The minimum Gasteiger partial charge on any atom is -0.480 e. The SMILES string of the molecule is CC1CCCCC1NC(=O)CSCC(NC(=O)OC(C)(C)C)C(=O)O. The van der Waals surface area contributed by atoms with Crippen molar-refractivity contribution >= 4 is 29.7 Å². The van der Waals surface area contributed by atoms with Gasteiger partial charge in [0.15, 0.2) is 0 Å². The van der Waals surface area contributed by atoms with Gasteiger partial charge in [-0.2, -0.15) is 0 Å². The molecule has 1 aliphatic carbocycles. The number of nitrogens with one attached hydrogen (secondary N) is 2. The number of rotatable bonds is 7. The molecule has 1 aliphatic rings. The van der Waals surface area contributed by atoms with E-state index in [1.165, 1.54) is 18.2 Å². The monoisotopic (exact) mass is 374 g/mol. The summed E-state index contributed by atoms with van der Waals surface area (Å²) < 4.78 is 5.06. The Hall–Kier alpha value is -1.44. The zero-order valence-corrected chi connectivity index (χ0v) is 16.3. The van der Waals surface area contributed by atoms with E-state index in [1.54, 1.807) is 20.8 Å². The van der Waals surface area contributed by atoms with Gasteiger partial charge in [-0.15, -0.1) is 11.8 Å². The van der Waals surface area contributed by atoms with Gasteiger partial charge in [0.25, 0.3) is 0 Å². The summed E-state index contributed by atoms with van der Waals surface area (Å²) in [5.74, 6) is -0.501. The molecule has 0 aromatic rings. The Morgan fingerprint density at radius 3 is 2.44 bits per heavy atom. The Kier molecular flexibility index (Phi) is 8.55. The van der Waals surface area contributed by atoms with E-state index >= 15 is 0 Å². The average molecular weight is 375 g/mol. The minimum absolute atomic E-state index is 0.0924. The van der Waals surface area contributed by atoms with Gasteiger partial charge in [-0.25, -0.2) is 9.59 Å². The third kappa shape index (κ3) is 9.00. The van der Waals surface area contributed by atoms with Gasteiger partial charge < -0.3 is 20.5 Å². The fourth-order valence-electron chi connectivity index (χ4n) is 2.67. The molecule has 0 aromatic heterocycles. The molecule has 0 radical (unpaired) electrons. The van der Waals surface area contributed by atoms with Crippen LogP contribution in [0.3, 0.4) is 0 Å². The average Bonchev–Trinajstić information content (AvgIpc) is 2.46. The van der Waals surface area contributed by atoms with Crippen LogP contribution >= 0.6 is 11.8 Å². The summed E-state index contributed by atoms with van der Waals surface area (Å²) in [6.45, 7) is 7.25. The van der Waals surface area contributed by atoms with Crippen LogP contribution in [0.2, 0.25) is 0 Å². The van der Waals surface area contributed by atoms with Crippen LogP contribution in [-0.4, -0.2) is 52.3 Å². The molecular weight excluding hydrogens is 344 g/mol. The Balaban J connectivity index is 2.35. The van der Waals surface area contributed by atoms with Crippen LogP contribution in [-0.2, 0) is 14.3 Å². The van der Waals surface area contributed by atoms with Gasteiger partial charge >= 0.3 is 12.1 Å². The minimum atomic E-state index is -1.15. The summed E-state index contributed by atoms with van der Waals surface area (Å²) in [5.41, 5.74) is -0.698. The number of thioether (sulfide) groups is 1. The van der Waals surface area contributed by atoms with Crippen molar-refractivity contribution in [1.82, 2.24) is 10.6 Å². The highest BCUT2D eigenvalue weighted by Gasteiger charge is 2.25. The zero-order valence-electron chi connectivity index (χ0n) is 15.5. The van der Waals surface area contributed by atoms with Crippen molar-refractivity contribution in [2.75, 3.05) is 11.5 Å². The number of carboxylic acid groups (broad SMARTS) is 1. The Morgan fingerprint density at radius 1 is 1.24 bits per heavy atom. The molecule has 0 saturated heterocycles. The number of carbonyl (C=O) groups excluding carboxylic acids is 2. The first-order valence-corrected chi connectivity index (χ1v) is 9.83. The summed E-state index contributed by atoms with van der Waals surface area (Å²) >= 11 is 1.18. The molecule has 3 N–H and O–H groups in total. The van der Waals surface area contributed by atoms with Crippen molar-refractivity contribution in [3.8, 4) is 0 Å². The van der Waals surface area contributed by atoms with E-state index in [4.69, 9.17) is 4.74 Å². The topological polar surface area (TPSA) is 105 Å². The van der Waals surface area contributed by atoms with E-state index in [0.29, 0.717) is 5.92 Å². The van der Waals surface area contributed by atoms with Crippen LogP contribution in [0, 0.1) is 5.92 Å². The molecule has 3 unspecified atom stereocenters. The van der Waals surface area contributed by atoms with E-state index < -0.39 is 23.7 Å². The smallest absolute Gasteiger partial charge is 0.408 e. The van der Waals surface area contributed by atoms with Crippen LogP contribution in [0.1, 0.15) is 53.4 Å². The van der Waals surface area contributed by atoms with Gasteiger partial charge in [-0.3, -0.25) is 4.79 Å². The van der Waals surface area contributed by atoms with E-state index in [2.05, 4.69) is 17.6 Å². The van der Waals surface area contributed by atoms with Crippen molar-refractivity contribution in [3.05, 3.63) is 0 Å². The largest absolute Gasteiger partial charge is 0.480 e. The summed E-state index contributed by atoms with van der Waals surface area (Å²) in [6.07, 6.45) is 3.68. The number of ether oxygens (including phenoxy) is 1. The summed E-state index contributed by atoms with van der Waals surface area (Å²) in [4.78, 5) is 35.0. The van der Waals surface area contributed by atoms with Gasteiger partial charge in [0.1, 0.15) is 11.6 Å². The zero-order chi connectivity index (χ0) is 19.0. The standard InChI is InChI=1S/C17H30N2O5S/c1-11-7-5-6-8-12(11)18-14(20)10-25-9-13(15(21)22)19-16(23)24-17(2,3)4/h11-13H,5-10H2,1-4H3,(H,18,20)(H,19,23)(H,21,22). The number of aliphatic carboxylic acids is 1. The van der Waals surface area contributed by atoms with Crippen molar-refractivity contribution in [1.29, 1.82) is 0 Å². The fourth-order valence-corrected chi connectivity index (χ4v) is 3.52. The highest BCUT2D eigenvalue weighted by molar-refractivity contribution is 8.00. The Bertz CT molecular complexity index is 478. The predicted octanol–water partition coefficient (Wildman–Crippen LogP) is 2.39. The van der Waals surface area contributed by atoms with E-state index in [9.17, 15) is 19.5 Å². The quantitative estimate of drug-likeness (QED) is 0.632. The number of hydrogen-bond acceptors (Lipinski definition) is 5. The van der Waals surface area contributed by atoms with Crippen LogP contribution in [0.25, 0.3) is 0 Å². The van der Waals surface area contributed by atoms with Crippen molar-refractivity contribution in [2.45, 2.75) is 71.1 Å². The number of amides is 2. The molecule has 0 aromatic carbocycles. The molecule has 7 nitrogen and oxygen atoms in total. The third-order valence-electron chi connectivity index (χ3n) is 3.96. The molecule has 25 heavy (non-hydrogen) atoms. The normalized spacial score (nSPS) is 21.9.